The Hall–Kier alpha value is -0.870. The third-order valence-electron chi connectivity index (χ3n) is 2.53. The Morgan fingerprint density at radius 1 is 1.56 bits per heavy atom. The highest BCUT2D eigenvalue weighted by Crippen LogP contribution is 2.22. The van der Waals surface area contributed by atoms with E-state index in [-0.39, 0.29) is 11.4 Å². The van der Waals surface area contributed by atoms with Gasteiger partial charge in [0.05, 0.1) is 4.88 Å². The Morgan fingerprint density at radius 2 is 2.19 bits per heavy atom. The smallest absolute Gasteiger partial charge is 0.261 e. The lowest BCUT2D eigenvalue weighted by Gasteiger charge is -2.23. The zero-order chi connectivity index (χ0) is 12.3. The average molecular weight is 240 g/mol. The molecule has 0 bridgehead atoms. The van der Waals surface area contributed by atoms with Crippen LogP contribution in [0.2, 0.25) is 0 Å². The predicted molar refractivity (Wildman–Crippen MR) is 69.0 cm³/mol. The summed E-state index contributed by atoms with van der Waals surface area (Å²) < 4.78 is 0. The molecule has 0 fully saturated rings. The summed E-state index contributed by atoms with van der Waals surface area (Å²) in [7, 11) is 0. The van der Waals surface area contributed by atoms with E-state index in [1.54, 1.807) is 11.3 Å². The van der Waals surface area contributed by atoms with Crippen LogP contribution in [0.25, 0.3) is 0 Å². The zero-order valence-electron chi connectivity index (χ0n) is 10.4. The maximum Gasteiger partial charge on any atom is 0.261 e. The van der Waals surface area contributed by atoms with Gasteiger partial charge in [0.2, 0.25) is 0 Å². The van der Waals surface area contributed by atoms with Crippen LogP contribution in [-0.2, 0) is 6.42 Å². The molecule has 0 radical (unpaired) electrons. The lowest BCUT2D eigenvalue weighted by atomic mass is 10.1. The predicted octanol–water partition coefficient (Wildman–Crippen LogP) is 2.09. The maximum atomic E-state index is 11.9. The average Bonchev–Trinajstić information content (AvgIpc) is 2.59. The zero-order valence-corrected chi connectivity index (χ0v) is 11.2. The van der Waals surface area contributed by atoms with Crippen LogP contribution in [0.5, 0.6) is 0 Å². The number of carbonyl (C=O) groups excluding carboxylic acids is 1. The second kappa shape index (κ2) is 4.97. The van der Waals surface area contributed by atoms with Crippen molar-refractivity contribution >= 4 is 17.2 Å². The van der Waals surface area contributed by atoms with Crippen molar-refractivity contribution in [1.29, 1.82) is 0 Å². The molecule has 1 heterocycles. The largest absolute Gasteiger partial charge is 0.345 e. The number of rotatable bonds is 4. The molecule has 1 aromatic rings. The van der Waals surface area contributed by atoms with E-state index in [1.165, 1.54) is 10.4 Å². The number of thiophene rings is 1. The molecule has 0 aliphatic carbocycles. The molecular formula is C12H20N2OS. The normalized spacial score (nSPS) is 11.6. The van der Waals surface area contributed by atoms with E-state index in [1.807, 2.05) is 26.8 Å². The van der Waals surface area contributed by atoms with Gasteiger partial charge in [-0.2, -0.15) is 0 Å². The van der Waals surface area contributed by atoms with Gasteiger partial charge in [-0.15, -0.1) is 11.3 Å². The number of amides is 1. The van der Waals surface area contributed by atoms with Crippen molar-refractivity contribution in [1.82, 2.24) is 5.32 Å². The Labute approximate surface area is 101 Å². The Bertz CT molecular complexity index is 382. The highest BCUT2D eigenvalue weighted by atomic mass is 32.1. The van der Waals surface area contributed by atoms with Gasteiger partial charge in [0.25, 0.3) is 5.91 Å². The molecule has 0 spiro atoms. The molecule has 0 aliphatic heterocycles. The van der Waals surface area contributed by atoms with Crippen LogP contribution in [-0.4, -0.2) is 18.0 Å². The summed E-state index contributed by atoms with van der Waals surface area (Å²) in [4.78, 5) is 14.0. The first-order valence-electron chi connectivity index (χ1n) is 5.51. The van der Waals surface area contributed by atoms with Crippen LogP contribution in [0.15, 0.2) is 6.07 Å². The van der Waals surface area contributed by atoms with Gasteiger partial charge in [0.15, 0.2) is 0 Å². The summed E-state index contributed by atoms with van der Waals surface area (Å²) in [6, 6.07) is 1.95. The third kappa shape index (κ3) is 3.06. The lowest BCUT2D eigenvalue weighted by molar-refractivity contribution is 0.0920. The summed E-state index contributed by atoms with van der Waals surface area (Å²) in [5.74, 6) is -0.0248. The molecule has 1 amide bonds. The van der Waals surface area contributed by atoms with Crippen molar-refractivity contribution in [3.63, 3.8) is 0 Å². The van der Waals surface area contributed by atoms with Crippen molar-refractivity contribution in [3.8, 4) is 0 Å². The molecule has 3 N–H and O–H groups in total. The fraction of sp³-hybridized carbons (Fsp3) is 0.583. The van der Waals surface area contributed by atoms with Gasteiger partial charge in [-0.25, -0.2) is 0 Å². The molecule has 0 unspecified atom stereocenters. The minimum absolute atomic E-state index is 0.0248. The van der Waals surface area contributed by atoms with E-state index in [2.05, 4.69) is 12.2 Å². The Kier molecular flexibility index (Phi) is 4.10. The highest BCUT2D eigenvalue weighted by Gasteiger charge is 2.20. The monoisotopic (exact) mass is 240 g/mol. The minimum atomic E-state index is -0.346. The SMILES string of the molecule is CCc1sc(C(=O)NC(C)(C)CN)cc1C. The molecule has 0 atom stereocenters. The molecule has 0 aliphatic rings. The number of hydrogen-bond donors (Lipinski definition) is 2. The van der Waals surface area contributed by atoms with E-state index in [0.29, 0.717) is 6.54 Å². The quantitative estimate of drug-likeness (QED) is 0.846. The van der Waals surface area contributed by atoms with Gasteiger partial charge in [-0.3, -0.25) is 4.79 Å². The highest BCUT2D eigenvalue weighted by molar-refractivity contribution is 7.14. The topological polar surface area (TPSA) is 55.1 Å². The van der Waals surface area contributed by atoms with E-state index in [9.17, 15) is 4.79 Å². The van der Waals surface area contributed by atoms with Crippen LogP contribution >= 0.6 is 11.3 Å². The van der Waals surface area contributed by atoms with Gasteiger partial charge >= 0.3 is 0 Å². The summed E-state index contributed by atoms with van der Waals surface area (Å²) >= 11 is 1.57. The first-order chi connectivity index (χ1) is 7.39. The van der Waals surface area contributed by atoms with Crippen molar-refractivity contribution < 1.29 is 4.79 Å². The lowest BCUT2D eigenvalue weighted by Crippen LogP contribution is -2.48. The molecule has 16 heavy (non-hydrogen) atoms. The molecule has 90 valence electrons. The molecule has 3 nitrogen and oxygen atoms in total. The number of carbonyl (C=O) groups is 1. The third-order valence-corrected chi connectivity index (χ3v) is 3.91. The van der Waals surface area contributed by atoms with Crippen LogP contribution in [0.3, 0.4) is 0 Å². The molecule has 0 saturated heterocycles. The number of nitrogens with one attached hydrogen (secondary N) is 1. The van der Waals surface area contributed by atoms with Crippen molar-refractivity contribution in [2.45, 2.75) is 39.7 Å². The van der Waals surface area contributed by atoms with Gasteiger partial charge in [-0.1, -0.05) is 6.92 Å². The molecule has 1 rings (SSSR count). The first kappa shape index (κ1) is 13.2. The van der Waals surface area contributed by atoms with E-state index >= 15 is 0 Å². The van der Waals surface area contributed by atoms with Crippen molar-refractivity contribution in [2.24, 2.45) is 5.73 Å². The van der Waals surface area contributed by atoms with Crippen LogP contribution in [0.1, 0.15) is 40.9 Å². The molecule has 0 aromatic carbocycles. The number of nitrogens with two attached hydrogens (primary N) is 1. The molecule has 4 heteroatoms. The molecular weight excluding hydrogens is 220 g/mol. The van der Waals surface area contributed by atoms with Gasteiger partial charge in [-0.05, 0) is 38.8 Å². The van der Waals surface area contributed by atoms with Crippen molar-refractivity contribution in [3.05, 3.63) is 21.4 Å². The second-order valence-electron chi connectivity index (χ2n) is 4.61. The Balaban J connectivity index is 2.81. The summed E-state index contributed by atoms with van der Waals surface area (Å²) in [6.45, 7) is 8.42. The van der Waals surface area contributed by atoms with Crippen LogP contribution in [0.4, 0.5) is 0 Å². The van der Waals surface area contributed by atoms with E-state index in [0.717, 1.165) is 11.3 Å². The fourth-order valence-corrected chi connectivity index (χ4v) is 2.41. The van der Waals surface area contributed by atoms with Gasteiger partial charge < -0.3 is 11.1 Å². The minimum Gasteiger partial charge on any atom is -0.345 e. The maximum absolute atomic E-state index is 11.9. The van der Waals surface area contributed by atoms with Gasteiger partial charge in [0.1, 0.15) is 0 Å². The summed E-state index contributed by atoms with van der Waals surface area (Å²) in [5, 5.41) is 2.93. The van der Waals surface area contributed by atoms with E-state index < -0.39 is 0 Å². The summed E-state index contributed by atoms with van der Waals surface area (Å²) in [5.41, 5.74) is 6.43. The summed E-state index contributed by atoms with van der Waals surface area (Å²) in [6.07, 6.45) is 0.976. The van der Waals surface area contributed by atoms with Crippen LogP contribution < -0.4 is 11.1 Å². The first-order valence-corrected chi connectivity index (χ1v) is 6.33. The standard InChI is InChI=1S/C12H20N2OS/c1-5-9-8(2)6-10(16-9)11(15)14-12(3,4)7-13/h6H,5,7,13H2,1-4H3,(H,14,15). The van der Waals surface area contributed by atoms with E-state index in [4.69, 9.17) is 5.73 Å². The number of hydrogen-bond acceptors (Lipinski definition) is 3. The molecule has 1 aromatic heterocycles. The fourth-order valence-electron chi connectivity index (χ4n) is 1.40. The second-order valence-corrected chi connectivity index (χ2v) is 5.75. The Morgan fingerprint density at radius 3 is 2.62 bits per heavy atom. The van der Waals surface area contributed by atoms with Crippen molar-refractivity contribution in [2.75, 3.05) is 6.54 Å². The van der Waals surface area contributed by atoms with Crippen LogP contribution in [0, 0.1) is 6.92 Å². The number of aryl methyl sites for hydroxylation is 2. The van der Waals surface area contributed by atoms with Gasteiger partial charge in [0, 0.05) is 17.0 Å². The molecule has 0 saturated carbocycles.